The Balaban J connectivity index is 1.57. The van der Waals surface area contributed by atoms with Crippen LogP contribution in [0.25, 0.3) is 36.5 Å². The number of hydrogen-bond donors (Lipinski definition) is 0. The standard InChI is InChI=1S/C46H55NO4/c1-3-5-7-9-11-16-34-50-45-37-43(31-27-41-28-32-44(33-29-41)47(48)49)46(51-35-17-12-10-8-6-4-2)36-42(45)30-26-40-24-22-39(23-25-40)21-20-38-18-14-13-15-19-38/h13-15,18-33,36-37H,3-12,16-17,34-35H2,1-2H3/b21-20+,30-26+,31-27+. The lowest BCUT2D eigenvalue weighted by Crippen LogP contribution is -2.03. The summed E-state index contributed by atoms with van der Waals surface area (Å²) >= 11 is 0. The second kappa shape index (κ2) is 22.7. The summed E-state index contributed by atoms with van der Waals surface area (Å²) in [6, 6.07) is 29.6. The molecule has 0 saturated carbocycles. The van der Waals surface area contributed by atoms with Crippen LogP contribution in [0.5, 0.6) is 11.5 Å². The smallest absolute Gasteiger partial charge is 0.269 e. The van der Waals surface area contributed by atoms with Crippen LogP contribution in [-0.2, 0) is 0 Å². The zero-order valence-electron chi connectivity index (χ0n) is 30.6. The molecule has 0 aliphatic carbocycles. The van der Waals surface area contributed by atoms with E-state index in [1.54, 1.807) is 12.1 Å². The Bertz CT molecular complexity index is 1670. The van der Waals surface area contributed by atoms with Crippen LogP contribution in [0.15, 0.2) is 91.0 Å². The number of unbranched alkanes of at least 4 members (excludes halogenated alkanes) is 10. The van der Waals surface area contributed by atoms with Crippen LogP contribution in [0.3, 0.4) is 0 Å². The first-order valence-corrected chi connectivity index (χ1v) is 18.9. The van der Waals surface area contributed by atoms with Gasteiger partial charge in [-0.1, -0.05) is 169 Å². The molecule has 51 heavy (non-hydrogen) atoms. The Kier molecular flexibility index (Phi) is 17.3. The number of rotatable bonds is 23. The minimum absolute atomic E-state index is 0.0786. The maximum atomic E-state index is 11.2. The van der Waals surface area contributed by atoms with Gasteiger partial charge in [0.1, 0.15) is 11.5 Å². The van der Waals surface area contributed by atoms with E-state index in [1.807, 2.05) is 30.4 Å². The molecular weight excluding hydrogens is 631 g/mol. The lowest BCUT2D eigenvalue weighted by molar-refractivity contribution is -0.384. The highest BCUT2D eigenvalue weighted by Gasteiger charge is 2.11. The van der Waals surface area contributed by atoms with Crippen molar-refractivity contribution < 1.29 is 14.4 Å². The average Bonchev–Trinajstić information content (AvgIpc) is 3.16. The Morgan fingerprint density at radius 1 is 0.490 bits per heavy atom. The summed E-state index contributed by atoms with van der Waals surface area (Å²) in [5.74, 6) is 1.62. The van der Waals surface area contributed by atoms with Gasteiger partial charge < -0.3 is 9.47 Å². The SMILES string of the molecule is CCCCCCCCOc1cc(/C=C/c2ccc([N+](=O)[O-])cc2)c(OCCCCCCCC)cc1/C=C/c1ccc(/C=C/c2ccccc2)cc1. The van der Waals surface area contributed by atoms with Crippen molar-refractivity contribution in [2.45, 2.75) is 90.9 Å². The van der Waals surface area contributed by atoms with Crippen molar-refractivity contribution >= 4 is 42.1 Å². The highest BCUT2D eigenvalue weighted by molar-refractivity contribution is 5.79. The topological polar surface area (TPSA) is 61.6 Å². The molecule has 4 aromatic carbocycles. The van der Waals surface area contributed by atoms with Crippen LogP contribution in [0, 0.1) is 10.1 Å². The Labute approximate surface area is 305 Å². The first-order chi connectivity index (χ1) is 25.1. The molecule has 4 aromatic rings. The van der Waals surface area contributed by atoms with E-state index in [-0.39, 0.29) is 10.6 Å². The van der Waals surface area contributed by atoms with Gasteiger partial charge in [0.2, 0.25) is 0 Å². The van der Waals surface area contributed by atoms with Gasteiger partial charge in [-0.3, -0.25) is 10.1 Å². The summed E-state index contributed by atoms with van der Waals surface area (Å²) in [5, 5.41) is 11.2. The summed E-state index contributed by atoms with van der Waals surface area (Å²) in [6.07, 6.45) is 26.8. The third kappa shape index (κ3) is 14.5. The van der Waals surface area contributed by atoms with Gasteiger partial charge in [-0.25, -0.2) is 0 Å². The molecule has 0 radical (unpaired) electrons. The van der Waals surface area contributed by atoms with Crippen molar-refractivity contribution in [3.05, 3.63) is 134 Å². The van der Waals surface area contributed by atoms with E-state index in [0.717, 1.165) is 65.0 Å². The van der Waals surface area contributed by atoms with Crippen LogP contribution in [0.1, 0.15) is 124 Å². The third-order valence-electron chi connectivity index (χ3n) is 8.87. The summed E-state index contributed by atoms with van der Waals surface area (Å²) in [4.78, 5) is 10.8. The Morgan fingerprint density at radius 3 is 1.29 bits per heavy atom. The molecule has 0 aliphatic rings. The molecule has 4 rings (SSSR count). The van der Waals surface area contributed by atoms with Crippen molar-refractivity contribution in [1.82, 2.24) is 0 Å². The van der Waals surface area contributed by atoms with E-state index in [2.05, 4.69) is 86.7 Å². The highest BCUT2D eigenvalue weighted by atomic mass is 16.6. The molecule has 0 fully saturated rings. The fraction of sp³-hybridized carbons (Fsp3) is 0.348. The third-order valence-corrected chi connectivity index (χ3v) is 8.87. The minimum Gasteiger partial charge on any atom is -0.493 e. The number of non-ortho nitro benzene ring substituents is 1. The summed E-state index contributed by atoms with van der Waals surface area (Å²) in [7, 11) is 0. The number of nitro groups is 1. The largest absolute Gasteiger partial charge is 0.493 e. The van der Waals surface area contributed by atoms with Crippen molar-refractivity contribution in [1.29, 1.82) is 0 Å². The summed E-state index contributed by atoms with van der Waals surface area (Å²) in [5.41, 5.74) is 6.27. The fourth-order valence-electron chi connectivity index (χ4n) is 5.78. The van der Waals surface area contributed by atoms with Crippen molar-refractivity contribution in [2.75, 3.05) is 13.2 Å². The molecule has 0 N–H and O–H groups in total. The second-order valence-corrected chi connectivity index (χ2v) is 13.1. The Hall–Kier alpha value is -4.90. The molecule has 0 atom stereocenters. The predicted molar refractivity (Wildman–Crippen MR) is 217 cm³/mol. The highest BCUT2D eigenvalue weighted by Crippen LogP contribution is 2.33. The van der Waals surface area contributed by atoms with Gasteiger partial charge in [0.05, 0.1) is 18.1 Å². The van der Waals surface area contributed by atoms with Gasteiger partial charge in [-0.15, -0.1) is 0 Å². The summed E-state index contributed by atoms with van der Waals surface area (Å²) in [6.45, 7) is 5.77. The van der Waals surface area contributed by atoms with E-state index in [9.17, 15) is 10.1 Å². The molecule has 0 bridgehead atoms. The van der Waals surface area contributed by atoms with Gasteiger partial charge in [0.25, 0.3) is 5.69 Å². The fourth-order valence-corrected chi connectivity index (χ4v) is 5.78. The lowest BCUT2D eigenvalue weighted by Gasteiger charge is -2.15. The maximum Gasteiger partial charge on any atom is 0.269 e. The molecule has 5 nitrogen and oxygen atoms in total. The first kappa shape index (κ1) is 38.9. The lowest BCUT2D eigenvalue weighted by atomic mass is 10.0. The molecule has 0 heterocycles. The van der Waals surface area contributed by atoms with Crippen LogP contribution < -0.4 is 9.47 Å². The predicted octanol–water partition coefficient (Wildman–Crippen LogP) is 13.6. The zero-order valence-corrected chi connectivity index (χ0v) is 30.6. The van der Waals surface area contributed by atoms with Gasteiger partial charge in [-0.05, 0) is 59.4 Å². The van der Waals surface area contributed by atoms with Gasteiger partial charge >= 0.3 is 0 Å². The minimum atomic E-state index is -0.376. The molecule has 0 aromatic heterocycles. The number of nitro benzene ring substituents is 1. The van der Waals surface area contributed by atoms with E-state index < -0.39 is 0 Å². The average molecular weight is 686 g/mol. The second-order valence-electron chi connectivity index (χ2n) is 13.1. The molecule has 0 amide bonds. The quantitative estimate of drug-likeness (QED) is 0.0337. The van der Waals surface area contributed by atoms with Crippen molar-refractivity contribution in [3.8, 4) is 11.5 Å². The van der Waals surface area contributed by atoms with E-state index >= 15 is 0 Å². The van der Waals surface area contributed by atoms with Gasteiger partial charge in [-0.2, -0.15) is 0 Å². The molecule has 268 valence electrons. The number of ether oxygens (including phenoxy) is 2. The molecular formula is C46H55NO4. The van der Waals surface area contributed by atoms with Crippen molar-refractivity contribution in [3.63, 3.8) is 0 Å². The Morgan fingerprint density at radius 2 is 0.863 bits per heavy atom. The monoisotopic (exact) mass is 685 g/mol. The van der Waals surface area contributed by atoms with Crippen LogP contribution in [-0.4, -0.2) is 18.1 Å². The number of benzene rings is 4. The van der Waals surface area contributed by atoms with E-state index in [4.69, 9.17) is 9.47 Å². The van der Waals surface area contributed by atoms with Crippen molar-refractivity contribution in [2.24, 2.45) is 0 Å². The molecule has 5 heteroatoms. The van der Waals surface area contributed by atoms with Gasteiger partial charge in [0.15, 0.2) is 0 Å². The van der Waals surface area contributed by atoms with Gasteiger partial charge in [0, 0.05) is 23.3 Å². The van der Waals surface area contributed by atoms with Crippen LogP contribution in [0.2, 0.25) is 0 Å². The molecule has 0 aliphatic heterocycles. The van der Waals surface area contributed by atoms with E-state index in [0.29, 0.717) is 13.2 Å². The van der Waals surface area contributed by atoms with E-state index in [1.165, 1.54) is 69.1 Å². The molecule has 0 saturated heterocycles. The van der Waals surface area contributed by atoms with Crippen LogP contribution in [0.4, 0.5) is 5.69 Å². The normalized spacial score (nSPS) is 11.6. The number of hydrogen-bond acceptors (Lipinski definition) is 4. The maximum absolute atomic E-state index is 11.2. The first-order valence-electron chi connectivity index (χ1n) is 18.9. The zero-order chi connectivity index (χ0) is 35.9. The molecule has 0 unspecified atom stereocenters. The summed E-state index contributed by atoms with van der Waals surface area (Å²) < 4.78 is 12.9. The molecule has 0 spiro atoms. The number of nitrogens with zero attached hydrogens (tertiary/aromatic N) is 1. The van der Waals surface area contributed by atoms with Crippen LogP contribution >= 0.6 is 0 Å².